The van der Waals surface area contributed by atoms with Crippen LogP contribution in [0.1, 0.15) is 103 Å². The quantitative estimate of drug-likeness (QED) is 0.251. The lowest BCUT2D eigenvalue weighted by Gasteiger charge is -2.27. The molecule has 0 aromatic rings. The summed E-state index contributed by atoms with van der Waals surface area (Å²) in [6.07, 6.45) is 13.3. The molecule has 0 rings (SSSR count). The lowest BCUT2D eigenvalue weighted by Crippen LogP contribution is -2.60. The van der Waals surface area contributed by atoms with Crippen molar-refractivity contribution in [1.29, 1.82) is 0 Å². The summed E-state index contributed by atoms with van der Waals surface area (Å²) in [4.78, 5) is 22.7. The van der Waals surface area contributed by atoms with Crippen LogP contribution in [0.4, 0.5) is 0 Å². The third-order valence-electron chi connectivity index (χ3n) is 5.25. The van der Waals surface area contributed by atoms with E-state index in [1.165, 1.54) is 19.3 Å². The minimum absolute atomic E-state index is 0.281. The van der Waals surface area contributed by atoms with Gasteiger partial charge in [0.05, 0.1) is 12.7 Å². The lowest BCUT2D eigenvalue weighted by atomic mass is 9.90. The molecule has 160 valence electrons. The monoisotopic (exact) mass is 387 g/mol. The van der Waals surface area contributed by atoms with E-state index in [9.17, 15) is 14.7 Å². The van der Waals surface area contributed by atoms with E-state index in [1.807, 2.05) is 0 Å². The van der Waals surface area contributed by atoms with Crippen LogP contribution in [0.2, 0.25) is 0 Å². The molecule has 0 aliphatic carbocycles. The molecule has 0 spiro atoms. The van der Waals surface area contributed by atoms with Crippen LogP contribution in [0, 0.1) is 0 Å². The van der Waals surface area contributed by atoms with Crippen molar-refractivity contribution in [2.75, 3.05) is 6.61 Å². The topological polar surface area (TPSA) is 121 Å². The third-order valence-corrected chi connectivity index (χ3v) is 5.25. The molecular formula is C21H41NO5. The first-order chi connectivity index (χ1) is 12.9. The first-order valence-corrected chi connectivity index (χ1v) is 10.7. The highest BCUT2D eigenvalue weighted by atomic mass is 16.4. The molecule has 27 heavy (non-hydrogen) atoms. The van der Waals surface area contributed by atoms with E-state index >= 15 is 0 Å². The number of nitrogens with two attached hydrogens (primary N) is 1. The van der Waals surface area contributed by atoms with Crippen LogP contribution in [-0.4, -0.2) is 45.3 Å². The Hall–Kier alpha value is -0.980. The van der Waals surface area contributed by atoms with Crippen molar-refractivity contribution in [1.82, 2.24) is 0 Å². The Morgan fingerprint density at radius 2 is 1.30 bits per heavy atom. The molecule has 5 N–H and O–H groups in total. The number of hydrogen-bond acceptors (Lipinski definition) is 5. The number of carbonyl (C=O) groups is 2. The molecule has 0 saturated heterocycles. The molecule has 6 nitrogen and oxygen atoms in total. The van der Waals surface area contributed by atoms with E-state index in [0.717, 1.165) is 64.2 Å². The van der Waals surface area contributed by atoms with E-state index in [4.69, 9.17) is 15.9 Å². The fourth-order valence-corrected chi connectivity index (χ4v) is 3.17. The first-order valence-electron chi connectivity index (χ1n) is 10.7. The van der Waals surface area contributed by atoms with Crippen LogP contribution in [-0.2, 0) is 9.59 Å². The summed E-state index contributed by atoms with van der Waals surface area (Å²) in [7, 11) is 0. The average molecular weight is 388 g/mol. The number of aliphatic hydroxyl groups is 2. The minimum Gasteiger partial charge on any atom is -0.480 e. The van der Waals surface area contributed by atoms with Gasteiger partial charge in [-0.15, -0.1) is 0 Å². The predicted octanol–water partition coefficient (Wildman–Crippen LogP) is 3.56. The zero-order valence-electron chi connectivity index (χ0n) is 17.1. The smallest absolute Gasteiger partial charge is 0.328 e. The zero-order chi connectivity index (χ0) is 20.5. The number of hydrogen-bond donors (Lipinski definition) is 4. The Morgan fingerprint density at radius 1 is 0.852 bits per heavy atom. The number of ketones is 1. The van der Waals surface area contributed by atoms with Gasteiger partial charge in [0.1, 0.15) is 5.78 Å². The second kappa shape index (κ2) is 16.0. The first kappa shape index (κ1) is 26.0. The van der Waals surface area contributed by atoms with E-state index < -0.39 is 24.2 Å². The molecular weight excluding hydrogens is 346 g/mol. The standard InChI is InChI=1S/C21H41NO5/c1-2-3-4-11-14-18(24)15-12-9-7-5-6-8-10-13-16-19(25)21(22,17-23)20(26)27/h19,23,25H,2-17,22H2,1H3,(H,26,27)/t19-,21+/m1/s1. The van der Waals surface area contributed by atoms with E-state index in [-0.39, 0.29) is 6.42 Å². The molecule has 0 saturated carbocycles. The molecule has 0 heterocycles. The molecule has 2 atom stereocenters. The van der Waals surface area contributed by atoms with Crippen molar-refractivity contribution in [3.8, 4) is 0 Å². The molecule has 0 radical (unpaired) electrons. The maximum absolute atomic E-state index is 11.7. The van der Waals surface area contributed by atoms with Crippen LogP contribution in [0.3, 0.4) is 0 Å². The van der Waals surface area contributed by atoms with Gasteiger partial charge in [-0.2, -0.15) is 0 Å². The number of Topliss-reactive ketones (excluding diaryl/α,β-unsaturated/α-hetero) is 1. The number of aliphatic carboxylic acids is 1. The third kappa shape index (κ3) is 12.2. The van der Waals surface area contributed by atoms with E-state index in [0.29, 0.717) is 12.2 Å². The van der Waals surface area contributed by atoms with Gasteiger partial charge in [-0.25, -0.2) is 0 Å². The van der Waals surface area contributed by atoms with Crippen LogP contribution < -0.4 is 5.73 Å². The van der Waals surface area contributed by atoms with Gasteiger partial charge < -0.3 is 21.1 Å². The van der Waals surface area contributed by atoms with Crippen LogP contribution in [0.15, 0.2) is 0 Å². The van der Waals surface area contributed by atoms with Crippen LogP contribution in [0.5, 0.6) is 0 Å². The minimum atomic E-state index is -1.96. The van der Waals surface area contributed by atoms with Crippen LogP contribution >= 0.6 is 0 Å². The molecule has 0 unspecified atom stereocenters. The normalized spacial score (nSPS) is 14.7. The Morgan fingerprint density at radius 3 is 1.74 bits per heavy atom. The Balaban J connectivity index is 3.50. The van der Waals surface area contributed by atoms with Gasteiger partial charge in [-0.05, 0) is 19.3 Å². The van der Waals surface area contributed by atoms with Crippen molar-refractivity contribution in [2.45, 2.75) is 115 Å². The number of rotatable bonds is 19. The molecule has 0 aromatic carbocycles. The SMILES string of the molecule is CCCCCCC(=O)CCCCCCCCCC[C@@H](O)[C@@](N)(CO)C(=O)O. The number of aliphatic hydroxyl groups excluding tert-OH is 2. The van der Waals surface area contributed by atoms with Gasteiger partial charge in [0, 0.05) is 12.8 Å². The van der Waals surface area contributed by atoms with E-state index in [2.05, 4.69) is 6.92 Å². The number of unbranched alkanes of at least 4 members (excludes halogenated alkanes) is 10. The summed E-state index contributed by atoms with van der Waals surface area (Å²) in [5.41, 5.74) is 3.57. The Kier molecular flexibility index (Phi) is 15.4. The molecule has 0 amide bonds. The summed E-state index contributed by atoms with van der Waals surface area (Å²) in [5, 5.41) is 27.9. The molecule has 0 aromatic heterocycles. The van der Waals surface area contributed by atoms with Crippen molar-refractivity contribution < 1.29 is 24.9 Å². The second-order valence-electron chi connectivity index (χ2n) is 7.74. The molecule has 6 heteroatoms. The highest BCUT2D eigenvalue weighted by Gasteiger charge is 2.40. The maximum atomic E-state index is 11.7. The summed E-state index contributed by atoms with van der Waals surface area (Å²) < 4.78 is 0. The predicted molar refractivity (Wildman–Crippen MR) is 108 cm³/mol. The van der Waals surface area contributed by atoms with Crippen molar-refractivity contribution in [3.63, 3.8) is 0 Å². The van der Waals surface area contributed by atoms with Crippen molar-refractivity contribution in [3.05, 3.63) is 0 Å². The lowest BCUT2D eigenvalue weighted by molar-refractivity contribution is -0.150. The number of carboxylic acid groups (broad SMARTS) is 1. The fraction of sp³-hybridized carbons (Fsp3) is 0.905. The van der Waals surface area contributed by atoms with Gasteiger partial charge in [0.25, 0.3) is 0 Å². The fourth-order valence-electron chi connectivity index (χ4n) is 3.17. The maximum Gasteiger partial charge on any atom is 0.328 e. The summed E-state index contributed by atoms with van der Waals surface area (Å²) >= 11 is 0. The molecule has 0 bridgehead atoms. The molecule has 0 aliphatic rings. The zero-order valence-corrected chi connectivity index (χ0v) is 17.1. The van der Waals surface area contributed by atoms with E-state index in [1.54, 1.807) is 0 Å². The number of carbonyl (C=O) groups excluding carboxylic acids is 1. The second-order valence-corrected chi connectivity index (χ2v) is 7.74. The van der Waals surface area contributed by atoms with Gasteiger partial charge in [0.15, 0.2) is 5.54 Å². The van der Waals surface area contributed by atoms with Gasteiger partial charge in [0.2, 0.25) is 0 Å². The Labute approximate surface area is 164 Å². The number of carboxylic acids is 1. The molecule has 0 aliphatic heterocycles. The van der Waals surface area contributed by atoms with Crippen molar-refractivity contribution in [2.24, 2.45) is 5.73 Å². The summed E-state index contributed by atoms with van der Waals surface area (Å²) in [5.74, 6) is -0.971. The summed E-state index contributed by atoms with van der Waals surface area (Å²) in [6, 6.07) is 0. The molecule has 0 fully saturated rings. The largest absolute Gasteiger partial charge is 0.480 e. The summed E-state index contributed by atoms with van der Waals surface area (Å²) in [6.45, 7) is 1.40. The average Bonchev–Trinajstić information content (AvgIpc) is 2.65. The van der Waals surface area contributed by atoms with Gasteiger partial charge >= 0.3 is 5.97 Å². The Bertz CT molecular complexity index is 402. The van der Waals surface area contributed by atoms with Gasteiger partial charge in [-0.1, -0.05) is 71.1 Å². The highest BCUT2D eigenvalue weighted by Crippen LogP contribution is 2.16. The van der Waals surface area contributed by atoms with Crippen LogP contribution in [0.25, 0.3) is 0 Å². The van der Waals surface area contributed by atoms with Crippen molar-refractivity contribution >= 4 is 11.8 Å². The van der Waals surface area contributed by atoms with Gasteiger partial charge in [-0.3, -0.25) is 9.59 Å². The highest BCUT2D eigenvalue weighted by molar-refractivity contribution is 5.79.